The van der Waals surface area contributed by atoms with E-state index >= 15 is 0 Å². The molecule has 3 aliphatic rings. The second-order valence-corrected chi connectivity index (χ2v) is 8.89. The summed E-state index contributed by atoms with van der Waals surface area (Å²) in [6.45, 7) is 4.60. The Hall–Kier alpha value is -1.27. The fourth-order valence-electron chi connectivity index (χ4n) is 5.01. The molecule has 3 heterocycles. The second-order valence-electron chi connectivity index (χ2n) is 7.91. The molecule has 2 saturated heterocycles. The Morgan fingerprint density at radius 2 is 2.00 bits per heavy atom. The number of hydrogen-bond donors (Lipinski definition) is 1. The molecule has 2 aromatic rings. The van der Waals surface area contributed by atoms with Crippen LogP contribution in [0.2, 0.25) is 0 Å². The van der Waals surface area contributed by atoms with Gasteiger partial charge in [-0.05, 0) is 24.3 Å². The Morgan fingerprint density at radius 1 is 1.20 bits per heavy atom. The Kier molecular flexibility index (Phi) is 3.93. The molecule has 1 N–H and O–H groups in total. The van der Waals surface area contributed by atoms with Crippen LogP contribution in [0.1, 0.15) is 29.3 Å². The number of likely N-dealkylation sites (tertiary alicyclic amines) is 2. The first-order chi connectivity index (χ1) is 12.3. The molecule has 25 heavy (non-hydrogen) atoms. The molecule has 1 spiro atoms. The highest BCUT2D eigenvalue weighted by Gasteiger charge is 2.65. The highest BCUT2D eigenvalue weighted by molar-refractivity contribution is 7.09. The summed E-state index contributed by atoms with van der Waals surface area (Å²) in [6, 6.07) is 11.0. The topological polar surface area (TPSA) is 39.6 Å². The normalized spacial score (nSPS) is 28.7. The third-order valence-corrected chi connectivity index (χ3v) is 7.04. The van der Waals surface area contributed by atoms with E-state index in [1.54, 1.807) is 11.3 Å². The van der Waals surface area contributed by atoms with Crippen molar-refractivity contribution in [1.29, 1.82) is 0 Å². The number of aromatic nitrogens is 1. The maximum absolute atomic E-state index is 10.1. The van der Waals surface area contributed by atoms with E-state index < -0.39 is 0 Å². The van der Waals surface area contributed by atoms with Gasteiger partial charge in [0.05, 0.1) is 18.7 Å². The molecule has 5 heteroatoms. The van der Waals surface area contributed by atoms with Gasteiger partial charge in [-0.15, -0.1) is 11.3 Å². The summed E-state index contributed by atoms with van der Waals surface area (Å²) in [7, 11) is 0. The molecule has 0 amide bonds. The van der Waals surface area contributed by atoms with Gasteiger partial charge in [-0.1, -0.05) is 30.3 Å². The minimum atomic E-state index is 0.176. The first kappa shape index (κ1) is 15.9. The van der Waals surface area contributed by atoms with Crippen LogP contribution < -0.4 is 0 Å². The minimum absolute atomic E-state index is 0.176. The monoisotopic (exact) mass is 355 g/mol. The summed E-state index contributed by atoms with van der Waals surface area (Å²) in [4.78, 5) is 9.64. The average molecular weight is 356 g/mol. The van der Waals surface area contributed by atoms with E-state index in [1.807, 2.05) is 11.6 Å². The number of nitrogens with zero attached hydrogens (tertiary/aromatic N) is 3. The predicted octanol–water partition coefficient (Wildman–Crippen LogP) is 2.57. The van der Waals surface area contributed by atoms with Crippen molar-refractivity contribution in [2.24, 2.45) is 5.92 Å². The molecule has 5 rings (SSSR count). The molecule has 0 bridgehead atoms. The molecule has 0 radical (unpaired) electrons. The number of benzene rings is 1. The minimum Gasteiger partial charge on any atom is -0.395 e. The van der Waals surface area contributed by atoms with Gasteiger partial charge >= 0.3 is 0 Å². The summed E-state index contributed by atoms with van der Waals surface area (Å²) in [5, 5.41) is 13.3. The lowest BCUT2D eigenvalue weighted by Gasteiger charge is -2.71. The van der Waals surface area contributed by atoms with Crippen LogP contribution in [0.15, 0.2) is 41.9 Å². The van der Waals surface area contributed by atoms with Crippen molar-refractivity contribution in [1.82, 2.24) is 14.8 Å². The van der Waals surface area contributed by atoms with Gasteiger partial charge < -0.3 is 5.11 Å². The highest BCUT2D eigenvalue weighted by Crippen LogP contribution is 2.54. The number of hydrogen-bond acceptors (Lipinski definition) is 5. The van der Waals surface area contributed by atoms with Crippen molar-refractivity contribution in [2.75, 3.05) is 26.2 Å². The zero-order chi connectivity index (χ0) is 16.9. The molecule has 2 aliphatic heterocycles. The van der Waals surface area contributed by atoms with Crippen molar-refractivity contribution < 1.29 is 5.11 Å². The quantitative estimate of drug-likeness (QED) is 0.865. The van der Waals surface area contributed by atoms with Crippen LogP contribution in [0.4, 0.5) is 0 Å². The summed E-state index contributed by atoms with van der Waals surface area (Å²) in [5.41, 5.74) is 1.55. The van der Waals surface area contributed by atoms with Gasteiger partial charge in [0, 0.05) is 43.2 Å². The van der Waals surface area contributed by atoms with Crippen LogP contribution in [0.5, 0.6) is 0 Å². The van der Waals surface area contributed by atoms with E-state index in [-0.39, 0.29) is 18.2 Å². The lowest BCUT2D eigenvalue weighted by molar-refractivity contribution is -0.196. The van der Waals surface area contributed by atoms with Crippen LogP contribution in [0.3, 0.4) is 0 Å². The van der Waals surface area contributed by atoms with Gasteiger partial charge in [0.25, 0.3) is 0 Å². The Morgan fingerprint density at radius 3 is 2.64 bits per heavy atom. The number of aliphatic hydroxyl groups is 1. The van der Waals surface area contributed by atoms with Crippen LogP contribution in [0.25, 0.3) is 0 Å². The maximum Gasteiger partial charge on any atom is 0.107 e. The second kappa shape index (κ2) is 6.16. The molecule has 1 aromatic heterocycles. The van der Waals surface area contributed by atoms with Crippen molar-refractivity contribution >= 4 is 11.3 Å². The first-order valence-electron chi connectivity index (χ1n) is 9.33. The lowest BCUT2D eigenvalue weighted by atomic mass is 9.60. The smallest absolute Gasteiger partial charge is 0.107 e. The van der Waals surface area contributed by atoms with Crippen molar-refractivity contribution in [2.45, 2.75) is 36.9 Å². The standard InChI is InChI=1S/C20H25N3OS/c24-12-17-19(16-4-2-1-3-5-16)20(13-22(14-20)10-15-6-7-15)23(17)11-18-21-8-9-25-18/h1-5,8-9,15,17,19,24H,6-7,10-14H2/t17-,19+/m0/s1. The van der Waals surface area contributed by atoms with E-state index in [2.05, 4.69) is 45.1 Å². The van der Waals surface area contributed by atoms with E-state index in [0.717, 1.165) is 30.6 Å². The first-order valence-corrected chi connectivity index (χ1v) is 10.2. The van der Waals surface area contributed by atoms with Gasteiger partial charge in [0.2, 0.25) is 0 Å². The van der Waals surface area contributed by atoms with Gasteiger partial charge in [0.15, 0.2) is 0 Å². The fourth-order valence-corrected chi connectivity index (χ4v) is 5.63. The largest absolute Gasteiger partial charge is 0.395 e. The zero-order valence-electron chi connectivity index (χ0n) is 14.4. The molecule has 3 fully saturated rings. The van der Waals surface area contributed by atoms with E-state index in [0.29, 0.717) is 5.92 Å². The maximum atomic E-state index is 10.1. The Balaban J connectivity index is 1.41. The van der Waals surface area contributed by atoms with Gasteiger partial charge in [-0.2, -0.15) is 0 Å². The predicted molar refractivity (Wildman–Crippen MR) is 99.6 cm³/mol. The van der Waals surface area contributed by atoms with Gasteiger partial charge in [-0.25, -0.2) is 4.98 Å². The van der Waals surface area contributed by atoms with Crippen molar-refractivity contribution in [3.05, 3.63) is 52.5 Å². The Labute approximate surface area is 153 Å². The summed E-state index contributed by atoms with van der Waals surface area (Å²) in [5.74, 6) is 1.36. The van der Waals surface area contributed by atoms with Gasteiger partial charge in [0.1, 0.15) is 5.01 Å². The number of thiazole rings is 1. The van der Waals surface area contributed by atoms with Crippen LogP contribution in [0, 0.1) is 5.92 Å². The van der Waals surface area contributed by atoms with Crippen molar-refractivity contribution in [3.63, 3.8) is 0 Å². The van der Waals surface area contributed by atoms with E-state index in [1.165, 1.54) is 24.9 Å². The lowest BCUT2D eigenvalue weighted by Crippen LogP contribution is -2.84. The fraction of sp³-hybridized carbons (Fsp3) is 0.550. The molecular formula is C20H25N3OS. The zero-order valence-corrected chi connectivity index (χ0v) is 15.2. The molecule has 132 valence electrons. The van der Waals surface area contributed by atoms with Crippen LogP contribution in [-0.2, 0) is 6.54 Å². The molecule has 0 unspecified atom stereocenters. The van der Waals surface area contributed by atoms with E-state index in [9.17, 15) is 5.11 Å². The average Bonchev–Trinajstić information content (AvgIpc) is 3.27. The SMILES string of the molecule is OC[C@H]1[C@@H](c2ccccc2)C2(CN(CC3CC3)C2)N1Cc1nccs1. The third-order valence-electron chi connectivity index (χ3n) is 6.28. The molecule has 1 aromatic carbocycles. The molecule has 1 saturated carbocycles. The highest BCUT2D eigenvalue weighted by atomic mass is 32.1. The molecule has 4 nitrogen and oxygen atoms in total. The molecule has 1 aliphatic carbocycles. The van der Waals surface area contributed by atoms with Crippen LogP contribution in [-0.4, -0.2) is 57.7 Å². The molecule has 2 atom stereocenters. The summed E-state index contributed by atoms with van der Waals surface area (Å²) < 4.78 is 0. The molecular weight excluding hydrogens is 330 g/mol. The summed E-state index contributed by atoms with van der Waals surface area (Å²) >= 11 is 1.72. The van der Waals surface area contributed by atoms with Crippen LogP contribution >= 0.6 is 11.3 Å². The summed E-state index contributed by atoms with van der Waals surface area (Å²) in [6.07, 6.45) is 4.71. The van der Waals surface area contributed by atoms with Gasteiger partial charge in [-0.3, -0.25) is 9.80 Å². The Bertz CT molecular complexity index is 710. The van der Waals surface area contributed by atoms with E-state index in [4.69, 9.17) is 0 Å². The third kappa shape index (κ3) is 2.65. The number of rotatable bonds is 6. The van der Waals surface area contributed by atoms with Crippen molar-refractivity contribution in [3.8, 4) is 0 Å². The number of aliphatic hydroxyl groups excluding tert-OH is 1.